The van der Waals surface area contributed by atoms with Crippen molar-refractivity contribution < 1.29 is 9.90 Å². The molecule has 0 bridgehead atoms. The molecule has 0 atom stereocenters. The van der Waals surface area contributed by atoms with Crippen LogP contribution in [0.25, 0.3) is 16.0 Å². The van der Waals surface area contributed by atoms with Crippen molar-refractivity contribution >= 4 is 27.5 Å². The van der Waals surface area contributed by atoms with E-state index in [1.54, 1.807) is 6.92 Å². The Morgan fingerprint density at radius 1 is 1.37 bits per heavy atom. The fourth-order valence-corrected chi connectivity index (χ4v) is 2.88. The third-order valence-electron chi connectivity index (χ3n) is 2.86. The molecule has 0 aromatic carbocycles. The number of nitrogens with zero attached hydrogens (tertiary/aromatic N) is 4. The maximum absolute atomic E-state index is 11.1. The van der Waals surface area contributed by atoms with Crippen LogP contribution in [0.4, 0.5) is 0 Å². The van der Waals surface area contributed by atoms with Gasteiger partial charge >= 0.3 is 5.97 Å². The molecule has 0 unspecified atom stereocenters. The maximum atomic E-state index is 11.1. The summed E-state index contributed by atoms with van der Waals surface area (Å²) in [6.45, 7) is 3.64. The summed E-state index contributed by atoms with van der Waals surface area (Å²) in [5.74, 6) is -0.380. The van der Waals surface area contributed by atoms with Gasteiger partial charge in [0.05, 0.1) is 15.9 Å². The zero-order chi connectivity index (χ0) is 13.6. The van der Waals surface area contributed by atoms with Gasteiger partial charge < -0.3 is 5.11 Å². The molecule has 0 saturated heterocycles. The van der Waals surface area contributed by atoms with Gasteiger partial charge in [-0.1, -0.05) is 0 Å². The molecule has 19 heavy (non-hydrogen) atoms. The number of carbonyl (C=O) groups is 1. The Bertz CT molecular complexity index is 790. The number of carboxylic acid groups (broad SMARTS) is 1. The number of rotatable bonds is 2. The van der Waals surface area contributed by atoms with E-state index >= 15 is 0 Å². The van der Waals surface area contributed by atoms with Crippen molar-refractivity contribution in [3.63, 3.8) is 0 Å². The molecule has 3 heterocycles. The lowest BCUT2D eigenvalue weighted by Crippen LogP contribution is -1.99. The fourth-order valence-electron chi connectivity index (χ4n) is 1.90. The summed E-state index contributed by atoms with van der Waals surface area (Å²) in [7, 11) is 0. The van der Waals surface area contributed by atoms with Gasteiger partial charge in [0.1, 0.15) is 11.9 Å². The van der Waals surface area contributed by atoms with Crippen molar-refractivity contribution in [1.29, 1.82) is 0 Å². The monoisotopic (exact) mass is 274 g/mol. The van der Waals surface area contributed by atoms with Crippen LogP contribution in [0.3, 0.4) is 0 Å². The van der Waals surface area contributed by atoms with Gasteiger partial charge in [0, 0.05) is 6.20 Å². The van der Waals surface area contributed by atoms with Crippen LogP contribution >= 0.6 is 11.3 Å². The van der Waals surface area contributed by atoms with Crippen LogP contribution in [0.1, 0.15) is 21.6 Å². The highest BCUT2D eigenvalue weighted by Gasteiger charge is 2.16. The normalized spacial score (nSPS) is 11.1. The van der Waals surface area contributed by atoms with E-state index < -0.39 is 5.97 Å². The van der Waals surface area contributed by atoms with E-state index in [2.05, 4.69) is 15.1 Å². The fraction of sp³-hybridized carbons (Fsp3) is 0.167. The topological polar surface area (TPSA) is 80.9 Å². The third kappa shape index (κ3) is 1.78. The van der Waals surface area contributed by atoms with Gasteiger partial charge in [-0.15, -0.1) is 11.3 Å². The molecule has 6 nitrogen and oxygen atoms in total. The number of aromatic carboxylic acids is 1. The van der Waals surface area contributed by atoms with Gasteiger partial charge in [-0.05, 0) is 24.8 Å². The van der Waals surface area contributed by atoms with Gasteiger partial charge in [0.2, 0.25) is 0 Å². The first-order valence-electron chi connectivity index (χ1n) is 5.56. The molecular formula is C12H10N4O2S. The molecule has 7 heteroatoms. The van der Waals surface area contributed by atoms with Crippen LogP contribution in [0.2, 0.25) is 0 Å². The van der Waals surface area contributed by atoms with E-state index in [0.717, 1.165) is 15.8 Å². The average molecular weight is 274 g/mol. The predicted molar refractivity (Wildman–Crippen MR) is 71.0 cm³/mol. The molecule has 0 saturated carbocycles. The van der Waals surface area contributed by atoms with Crippen LogP contribution in [-0.4, -0.2) is 30.8 Å². The lowest BCUT2D eigenvalue weighted by Gasteiger charge is -2.00. The Balaban J connectivity index is 2.24. The second-order valence-corrected chi connectivity index (χ2v) is 5.05. The Hall–Kier alpha value is -2.28. The molecule has 3 aromatic heterocycles. The Kier molecular flexibility index (Phi) is 2.56. The Labute approximate surface area is 112 Å². The van der Waals surface area contributed by atoms with E-state index in [1.165, 1.54) is 28.5 Å². The van der Waals surface area contributed by atoms with Crippen LogP contribution in [0, 0.1) is 13.8 Å². The highest BCUT2D eigenvalue weighted by molar-refractivity contribution is 7.17. The van der Waals surface area contributed by atoms with Crippen molar-refractivity contribution in [2.45, 2.75) is 13.8 Å². The van der Waals surface area contributed by atoms with Crippen LogP contribution in [-0.2, 0) is 0 Å². The number of aryl methyl sites for hydroxylation is 2. The lowest BCUT2D eigenvalue weighted by atomic mass is 10.3. The summed E-state index contributed by atoms with van der Waals surface area (Å²) in [4.78, 5) is 19.5. The molecular weight excluding hydrogens is 264 g/mol. The summed E-state index contributed by atoms with van der Waals surface area (Å²) in [5, 5.41) is 15.3. The average Bonchev–Trinajstić information content (AvgIpc) is 2.94. The molecule has 0 spiro atoms. The molecule has 3 aromatic rings. The van der Waals surface area contributed by atoms with E-state index in [0.29, 0.717) is 11.5 Å². The molecule has 0 aliphatic carbocycles. The minimum atomic E-state index is -0.989. The number of thiophene rings is 1. The summed E-state index contributed by atoms with van der Waals surface area (Å²) in [6, 6.07) is 0. The zero-order valence-corrected chi connectivity index (χ0v) is 11.1. The van der Waals surface area contributed by atoms with E-state index in [1.807, 2.05) is 12.3 Å². The molecule has 0 aliphatic heterocycles. The second kappa shape index (κ2) is 4.13. The van der Waals surface area contributed by atoms with Gasteiger partial charge in [-0.25, -0.2) is 19.4 Å². The minimum Gasteiger partial charge on any atom is -0.478 e. The first-order chi connectivity index (χ1) is 9.08. The van der Waals surface area contributed by atoms with Crippen molar-refractivity contribution in [1.82, 2.24) is 19.7 Å². The van der Waals surface area contributed by atoms with Gasteiger partial charge in [-0.2, -0.15) is 5.10 Å². The van der Waals surface area contributed by atoms with Crippen molar-refractivity contribution in [2.24, 2.45) is 0 Å². The largest absolute Gasteiger partial charge is 0.478 e. The number of fused-ring (bicyclic) bond motifs is 1. The summed E-state index contributed by atoms with van der Waals surface area (Å²) >= 11 is 1.53. The molecule has 3 rings (SSSR count). The van der Waals surface area contributed by atoms with Crippen molar-refractivity contribution in [2.75, 3.05) is 0 Å². The van der Waals surface area contributed by atoms with Gasteiger partial charge in [0.15, 0.2) is 5.82 Å². The number of hydrogen-bond donors (Lipinski definition) is 1. The summed E-state index contributed by atoms with van der Waals surface area (Å²) in [6.07, 6.45) is 2.95. The Morgan fingerprint density at radius 2 is 2.16 bits per heavy atom. The second-order valence-electron chi connectivity index (χ2n) is 4.17. The third-order valence-corrected chi connectivity index (χ3v) is 3.94. The van der Waals surface area contributed by atoms with Crippen LogP contribution < -0.4 is 0 Å². The summed E-state index contributed by atoms with van der Waals surface area (Å²) < 4.78 is 2.40. The maximum Gasteiger partial charge on any atom is 0.339 e. The molecule has 0 amide bonds. The smallest absolute Gasteiger partial charge is 0.339 e. The van der Waals surface area contributed by atoms with Gasteiger partial charge in [0.25, 0.3) is 0 Å². The van der Waals surface area contributed by atoms with Crippen LogP contribution in [0.15, 0.2) is 17.9 Å². The first-order valence-corrected chi connectivity index (χ1v) is 6.44. The first kappa shape index (κ1) is 11.8. The standard InChI is InChI=1S/C12H10N4O2S/c1-6-4-19-10-9(6)13-5-14-11(10)16-3-8(12(17)18)7(2)15-16/h3-5H,1-2H3,(H,17,18). The highest BCUT2D eigenvalue weighted by atomic mass is 32.1. The lowest BCUT2D eigenvalue weighted by molar-refractivity contribution is 0.0696. The summed E-state index contributed by atoms with van der Waals surface area (Å²) in [5.41, 5.74) is 2.60. The predicted octanol–water partition coefficient (Wildman–Crippen LogP) is 2.19. The van der Waals surface area contributed by atoms with E-state index in [9.17, 15) is 4.79 Å². The zero-order valence-electron chi connectivity index (χ0n) is 10.3. The Morgan fingerprint density at radius 3 is 2.84 bits per heavy atom. The quantitative estimate of drug-likeness (QED) is 0.774. The van der Waals surface area contributed by atoms with Crippen LogP contribution in [0.5, 0.6) is 0 Å². The van der Waals surface area contributed by atoms with Gasteiger partial charge in [-0.3, -0.25) is 0 Å². The minimum absolute atomic E-state index is 0.181. The van der Waals surface area contributed by atoms with E-state index in [4.69, 9.17) is 5.11 Å². The highest BCUT2D eigenvalue weighted by Crippen LogP contribution is 2.27. The SMILES string of the molecule is Cc1nn(-c2ncnc3c(C)csc23)cc1C(=O)O. The molecule has 96 valence electrons. The number of hydrogen-bond acceptors (Lipinski definition) is 5. The van der Waals surface area contributed by atoms with Crippen molar-refractivity contribution in [3.05, 3.63) is 34.7 Å². The number of carboxylic acids is 1. The van der Waals surface area contributed by atoms with E-state index in [-0.39, 0.29) is 5.56 Å². The molecule has 0 fully saturated rings. The number of aromatic nitrogens is 4. The molecule has 1 N–H and O–H groups in total. The molecule has 0 radical (unpaired) electrons. The van der Waals surface area contributed by atoms with Crippen molar-refractivity contribution in [3.8, 4) is 5.82 Å². The molecule has 0 aliphatic rings.